The maximum atomic E-state index is 12.5. The lowest BCUT2D eigenvalue weighted by atomic mass is 10.2. The van der Waals surface area contributed by atoms with Crippen LogP contribution in [0.1, 0.15) is 6.92 Å². The van der Waals surface area contributed by atoms with Gasteiger partial charge in [0, 0.05) is 5.02 Å². The van der Waals surface area contributed by atoms with Gasteiger partial charge in [-0.2, -0.15) is 0 Å². The van der Waals surface area contributed by atoms with Crippen molar-refractivity contribution in [2.45, 2.75) is 13.0 Å². The van der Waals surface area contributed by atoms with Gasteiger partial charge in [0.25, 0.3) is 0 Å². The van der Waals surface area contributed by atoms with Crippen LogP contribution in [0.15, 0.2) is 48.5 Å². The zero-order valence-electron chi connectivity index (χ0n) is 13.0. The summed E-state index contributed by atoms with van der Waals surface area (Å²) in [4.78, 5) is 12.5. The minimum Gasteiger partial charge on any atom is -0.323 e. The second kappa shape index (κ2) is 7.42. The van der Waals surface area contributed by atoms with Crippen molar-refractivity contribution in [1.29, 1.82) is 0 Å². The van der Waals surface area contributed by atoms with Gasteiger partial charge in [-0.15, -0.1) is 0 Å². The number of sulfonamides is 1. The van der Waals surface area contributed by atoms with E-state index in [-0.39, 0.29) is 0 Å². The first-order valence-electron chi connectivity index (χ1n) is 7.00. The van der Waals surface area contributed by atoms with E-state index in [2.05, 4.69) is 5.32 Å². The number of anilines is 2. The number of hydrogen-bond donors (Lipinski definition) is 1. The maximum absolute atomic E-state index is 12.5. The van der Waals surface area contributed by atoms with Gasteiger partial charge in [0.15, 0.2) is 0 Å². The number of nitrogens with zero attached hydrogens (tertiary/aromatic N) is 1. The van der Waals surface area contributed by atoms with Gasteiger partial charge in [-0.3, -0.25) is 9.10 Å². The van der Waals surface area contributed by atoms with Crippen LogP contribution in [0, 0.1) is 0 Å². The van der Waals surface area contributed by atoms with Crippen LogP contribution in [0.4, 0.5) is 11.4 Å². The second-order valence-corrected chi connectivity index (χ2v) is 7.88. The Bertz CT molecular complexity index is 839. The van der Waals surface area contributed by atoms with Gasteiger partial charge in [0.1, 0.15) is 6.04 Å². The summed E-state index contributed by atoms with van der Waals surface area (Å²) in [6.45, 7) is 1.50. The van der Waals surface area contributed by atoms with Crippen LogP contribution < -0.4 is 9.62 Å². The molecule has 1 amide bonds. The van der Waals surface area contributed by atoms with Gasteiger partial charge in [-0.25, -0.2) is 8.42 Å². The summed E-state index contributed by atoms with van der Waals surface area (Å²) in [5, 5.41) is 3.48. The largest absolute Gasteiger partial charge is 0.323 e. The molecule has 0 saturated carbocycles. The summed E-state index contributed by atoms with van der Waals surface area (Å²) >= 11 is 11.9. The van der Waals surface area contributed by atoms with E-state index >= 15 is 0 Å². The average molecular weight is 387 g/mol. The Morgan fingerprint density at radius 1 is 1.08 bits per heavy atom. The molecule has 0 saturated heterocycles. The van der Waals surface area contributed by atoms with Gasteiger partial charge < -0.3 is 5.32 Å². The molecule has 2 rings (SSSR count). The van der Waals surface area contributed by atoms with E-state index in [4.69, 9.17) is 23.2 Å². The lowest BCUT2D eigenvalue weighted by Gasteiger charge is -2.28. The Hall–Kier alpha value is -1.76. The Labute approximate surface area is 151 Å². The van der Waals surface area contributed by atoms with Crippen molar-refractivity contribution in [1.82, 2.24) is 0 Å². The Kier molecular flexibility index (Phi) is 5.74. The standard InChI is InChI=1S/C16H16Cl2N2O3S/c1-11(16(21)19-15-6-4-3-5-14(15)18)20(24(2,22)23)13-9-7-12(17)8-10-13/h3-11H,1-2H3,(H,19,21)/t11-/m0/s1. The molecule has 0 bridgehead atoms. The summed E-state index contributed by atoms with van der Waals surface area (Å²) in [6.07, 6.45) is 1.04. The molecule has 2 aromatic carbocycles. The van der Waals surface area contributed by atoms with Crippen LogP contribution >= 0.6 is 23.2 Å². The van der Waals surface area contributed by atoms with Crippen molar-refractivity contribution < 1.29 is 13.2 Å². The molecule has 0 fully saturated rings. The van der Waals surface area contributed by atoms with E-state index in [1.54, 1.807) is 48.5 Å². The molecule has 0 heterocycles. The Morgan fingerprint density at radius 2 is 1.67 bits per heavy atom. The molecule has 0 radical (unpaired) electrons. The van der Waals surface area contributed by atoms with Crippen LogP contribution in [-0.4, -0.2) is 26.6 Å². The predicted molar refractivity (Wildman–Crippen MR) is 98.3 cm³/mol. The van der Waals surface area contributed by atoms with Gasteiger partial charge in [0.2, 0.25) is 15.9 Å². The molecule has 5 nitrogen and oxygen atoms in total. The highest BCUT2D eigenvalue weighted by atomic mass is 35.5. The molecule has 0 spiro atoms. The van der Waals surface area contributed by atoms with Crippen molar-refractivity contribution in [2.75, 3.05) is 15.9 Å². The van der Waals surface area contributed by atoms with E-state index in [1.165, 1.54) is 6.92 Å². The van der Waals surface area contributed by atoms with Crippen molar-refractivity contribution in [2.24, 2.45) is 0 Å². The molecule has 1 atom stereocenters. The molecule has 1 N–H and O–H groups in total. The highest BCUT2D eigenvalue weighted by molar-refractivity contribution is 7.92. The molecule has 128 valence electrons. The number of nitrogens with one attached hydrogen (secondary N) is 1. The SMILES string of the molecule is C[C@@H](C(=O)Nc1ccccc1Cl)N(c1ccc(Cl)cc1)S(C)(=O)=O. The Morgan fingerprint density at radius 3 is 2.21 bits per heavy atom. The van der Waals surface area contributed by atoms with Crippen LogP contribution in [0.2, 0.25) is 10.0 Å². The minimum atomic E-state index is -3.68. The number of halogens is 2. The van der Waals surface area contributed by atoms with E-state index in [0.29, 0.717) is 21.4 Å². The first-order valence-corrected chi connectivity index (χ1v) is 9.61. The Balaban J connectivity index is 2.31. The summed E-state index contributed by atoms with van der Waals surface area (Å²) in [5.41, 5.74) is 0.768. The molecule has 8 heteroatoms. The number of rotatable bonds is 5. The molecular weight excluding hydrogens is 371 g/mol. The topological polar surface area (TPSA) is 66.5 Å². The summed E-state index contributed by atoms with van der Waals surface area (Å²) in [7, 11) is -3.68. The molecule has 0 aliphatic heterocycles. The first kappa shape index (κ1) is 18.6. The lowest BCUT2D eigenvalue weighted by molar-refractivity contribution is -0.116. The zero-order valence-corrected chi connectivity index (χ0v) is 15.4. The number of carbonyl (C=O) groups is 1. The first-order chi connectivity index (χ1) is 11.2. The fourth-order valence-corrected chi connectivity index (χ4v) is 3.68. The molecule has 0 aromatic heterocycles. The van der Waals surface area contributed by atoms with Gasteiger partial charge >= 0.3 is 0 Å². The monoisotopic (exact) mass is 386 g/mol. The zero-order chi connectivity index (χ0) is 17.9. The molecular formula is C16H16Cl2N2O3S. The van der Waals surface area contributed by atoms with E-state index < -0.39 is 22.0 Å². The fraction of sp³-hybridized carbons (Fsp3) is 0.188. The minimum absolute atomic E-state index is 0.351. The predicted octanol–water partition coefficient (Wildman–Crippen LogP) is 3.79. The quantitative estimate of drug-likeness (QED) is 0.849. The third kappa shape index (κ3) is 4.41. The van der Waals surface area contributed by atoms with Crippen molar-refractivity contribution in [3.8, 4) is 0 Å². The van der Waals surface area contributed by atoms with E-state index in [1.807, 2.05) is 0 Å². The summed E-state index contributed by atoms with van der Waals surface area (Å²) < 4.78 is 25.4. The number of hydrogen-bond acceptors (Lipinski definition) is 3. The number of amides is 1. The lowest BCUT2D eigenvalue weighted by Crippen LogP contribution is -2.45. The van der Waals surface area contributed by atoms with Crippen molar-refractivity contribution in [3.63, 3.8) is 0 Å². The third-order valence-electron chi connectivity index (χ3n) is 3.30. The number of benzene rings is 2. The van der Waals surface area contributed by atoms with Gasteiger partial charge in [0.05, 0.1) is 22.7 Å². The third-order valence-corrected chi connectivity index (χ3v) is 5.12. The normalized spacial score (nSPS) is 12.5. The van der Waals surface area contributed by atoms with Crippen molar-refractivity contribution in [3.05, 3.63) is 58.6 Å². The molecule has 0 unspecified atom stereocenters. The van der Waals surface area contributed by atoms with E-state index in [0.717, 1.165) is 10.6 Å². The number of carbonyl (C=O) groups excluding carboxylic acids is 1. The molecule has 24 heavy (non-hydrogen) atoms. The average Bonchev–Trinajstić information content (AvgIpc) is 2.50. The van der Waals surface area contributed by atoms with Crippen LogP contribution in [0.5, 0.6) is 0 Å². The highest BCUT2D eigenvalue weighted by Gasteiger charge is 2.29. The fourth-order valence-electron chi connectivity index (χ4n) is 2.20. The highest BCUT2D eigenvalue weighted by Crippen LogP contribution is 2.25. The maximum Gasteiger partial charge on any atom is 0.248 e. The van der Waals surface area contributed by atoms with Gasteiger partial charge in [-0.1, -0.05) is 35.3 Å². The van der Waals surface area contributed by atoms with Crippen LogP contribution in [0.3, 0.4) is 0 Å². The number of para-hydroxylation sites is 1. The second-order valence-electron chi connectivity index (χ2n) is 5.18. The summed E-state index contributed by atoms with van der Waals surface area (Å²) in [5.74, 6) is -0.497. The van der Waals surface area contributed by atoms with Gasteiger partial charge in [-0.05, 0) is 43.3 Å². The van der Waals surface area contributed by atoms with Crippen molar-refractivity contribution >= 4 is 50.5 Å². The summed E-state index contributed by atoms with van der Waals surface area (Å²) in [6, 6.07) is 12.0. The smallest absolute Gasteiger partial charge is 0.248 e. The molecule has 0 aliphatic rings. The van der Waals surface area contributed by atoms with E-state index in [9.17, 15) is 13.2 Å². The van der Waals surface area contributed by atoms with Crippen LogP contribution in [-0.2, 0) is 14.8 Å². The van der Waals surface area contributed by atoms with Crippen LogP contribution in [0.25, 0.3) is 0 Å². The molecule has 2 aromatic rings. The molecule has 0 aliphatic carbocycles.